The van der Waals surface area contributed by atoms with E-state index < -0.39 is 0 Å². The molecular weight excluding hydrogens is 376 g/mol. The average molecular weight is 405 g/mol. The predicted molar refractivity (Wildman–Crippen MR) is 118 cm³/mol. The lowest BCUT2D eigenvalue weighted by molar-refractivity contribution is 0.203. The normalized spacial score (nSPS) is 15.2. The molecule has 0 unspecified atom stereocenters. The van der Waals surface area contributed by atoms with Gasteiger partial charge in [0.25, 0.3) is 0 Å². The lowest BCUT2D eigenvalue weighted by Gasteiger charge is -2.32. The second-order valence-electron chi connectivity index (χ2n) is 7.89. The van der Waals surface area contributed by atoms with Gasteiger partial charge in [-0.3, -0.25) is 4.90 Å². The zero-order valence-corrected chi connectivity index (χ0v) is 17.8. The van der Waals surface area contributed by atoms with Gasteiger partial charge in [-0.15, -0.1) is 0 Å². The zero-order valence-electron chi connectivity index (χ0n) is 17.8. The minimum absolute atomic E-state index is 0.397. The van der Waals surface area contributed by atoms with Crippen molar-refractivity contribution < 1.29 is 4.74 Å². The van der Waals surface area contributed by atoms with Crippen molar-refractivity contribution in [1.82, 2.24) is 24.8 Å². The molecular formula is C23H28N6O. The third-order valence-electron chi connectivity index (χ3n) is 5.62. The van der Waals surface area contributed by atoms with Crippen LogP contribution in [0.1, 0.15) is 30.0 Å². The predicted octanol–water partition coefficient (Wildman–Crippen LogP) is 3.39. The van der Waals surface area contributed by atoms with Gasteiger partial charge in [0, 0.05) is 56.3 Å². The fourth-order valence-corrected chi connectivity index (χ4v) is 3.93. The number of ether oxygens (including phenoxy) is 1. The standard InChI is InChI=1S/C23H28N6O/c1-28(2)23-26-14-21(19-12-24-16-25-13-19)22(27-23)18-8-10-29(11-9-18)15-17-4-6-20(30-3)7-5-17/h4-7,12-14,16,18H,8-11,15H2,1-3H3. The summed E-state index contributed by atoms with van der Waals surface area (Å²) in [7, 11) is 5.65. The number of benzene rings is 1. The van der Waals surface area contributed by atoms with E-state index in [0.717, 1.165) is 61.0 Å². The van der Waals surface area contributed by atoms with Crippen LogP contribution in [0.25, 0.3) is 11.1 Å². The Hall–Kier alpha value is -3.06. The van der Waals surface area contributed by atoms with Crippen molar-refractivity contribution >= 4 is 5.95 Å². The van der Waals surface area contributed by atoms with Crippen LogP contribution in [0.3, 0.4) is 0 Å². The maximum atomic E-state index is 5.26. The van der Waals surface area contributed by atoms with E-state index in [1.165, 1.54) is 5.56 Å². The first-order chi connectivity index (χ1) is 14.6. The van der Waals surface area contributed by atoms with Crippen molar-refractivity contribution in [3.05, 3.63) is 60.4 Å². The molecule has 0 saturated carbocycles. The van der Waals surface area contributed by atoms with Gasteiger partial charge in [0.15, 0.2) is 0 Å². The van der Waals surface area contributed by atoms with Gasteiger partial charge in [0.1, 0.15) is 12.1 Å². The van der Waals surface area contributed by atoms with Crippen molar-refractivity contribution in [2.75, 3.05) is 39.2 Å². The van der Waals surface area contributed by atoms with E-state index in [0.29, 0.717) is 5.92 Å². The number of piperidine rings is 1. The Labute approximate surface area is 177 Å². The lowest BCUT2D eigenvalue weighted by Crippen LogP contribution is -2.33. The molecule has 0 spiro atoms. The monoisotopic (exact) mass is 404 g/mol. The van der Waals surface area contributed by atoms with E-state index >= 15 is 0 Å². The highest BCUT2D eigenvalue weighted by molar-refractivity contribution is 5.64. The molecule has 0 radical (unpaired) electrons. The van der Waals surface area contributed by atoms with E-state index in [9.17, 15) is 0 Å². The molecule has 3 heterocycles. The van der Waals surface area contributed by atoms with Crippen LogP contribution in [0.15, 0.2) is 49.2 Å². The number of rotatable bonds is 6. The number of nitrogens with zero attached hydrogens (tertiary/aromatic N) is 6. The van der Waals surface area contributed by atoms with Crippen LogP contribution >= 0.6 is 0 Å². The molecule has 1 saturated heterocycles. The van der Waals surface area contributed by atoms with E-state index in [2.05, 4.69) is 32.0 Å². The Morgan fingerprint density at radius 1 is 1.03 bits per heavy atom. The van der Waals surface area contributed by atoms with Crippen LogP contribution in [0.2, 0.25) is 0 Å². The molecule has 7 nitrogen and oxygen atoms in total. The molecule has 3 aromatic rings. The fraction of sp³-hybridized carbons (Fsp3) is 0.391. The number of anilines is 1. The topological polar surface area (TPSA) is 67.3 Å². The van der Waals surface area contributed by atoms with Crippen LogP contribution in [0.4, 0.5) is 5.95 Å². The minimum Gasteiger partial charge on any atom is -0.497 e. The van der Waals surface area contributed by atoms with E-state index in [-0.39, 0.29) is 0 Å². The van der Waals surface area contributed by atoms with Gasteiger partial charge in [-0.05, 0) is 43.6 Å². The van der Waals surface area contributed by atoms with Gasteiger partial charge in [0.05, 0.1) is 12.8 Å². The van der Waals surface area contributed by atoms with E-state index in [1.54, 1.807) is 13.4 Å². The summed E-state index contributed by atoms with van der Waals surface area (Å²) in [6.07, 6.45) is 9.28. The number of likely N-dealkylation sites (tertiary alicyclic amines) is 1. The smallest absolute Gasteiger partial charge is 0.225 e. The first-order valence-corrected chi connectivity index (χ1v) is 10.3. The SMILES string of the molecule is COc1ccc(CN2CCC(c3nc(N(C)C)ncc3-c3cncnc3)CC2)cc1. The summed E-state index contributed by atoms with van der Waals surface area (Å²) in [6.45, 7) is 3.05. The first-order valence-electron chi connectivity index (χ1n) is 10.3. The molecule has 0 amide bonds. The molecule has 0 atom stereocenters. The molecule has 2 aromatic heterocycles. The summed E-state index contributed by atoms with van der Waals surface area (Å²) < 4.78 is 5.26. The highest BCUT2D eigenvalue weighted by Gasteiger charge is 2.25. The molecule has 1 aromatic carbocycles. The van der Waals surface area contributed by atoms with Crippen LogP contribution in [0, 0.1) is 0 Å². The molecule has 1 fully saturated rings. The molecule has 1 aliphatic heterocycles. The van der Waals surface area contributed by atoms with Gasteiger partial charge >= 0.3 is 0 Å². The molecule has 0 aliphatic carbocycles. The van der Waals surface area contributed by atoms with Gasteiger partial charge in [-0.1, -0.05) is 12.1 Å². The summed E-state index contributed by atoms with van der Waals surface area (Å²) in [6, 6.07) is 8.35. The third kappa shape index (κ3) is 4.57. The number of hydrogen-bond acceptors (Lipinski definition) is 7. The maximum absolute atomic E-state index is 5.26. The summed E-state index contributed by atoms with van der Waals surface area (Å²) >= 11 is 0. The Morgan fingerprint density at radius 3 is 2.37 bits per heavy atom. The van der Waals surface area contributed by atoms with Gasteiger partial charge in [-0.25, -0.2) is 19.9 Å². The van der Waals surface area contributed by atoms with Crippen LogP contribution < -0.4 is 9.64 Å². The summed E-state index contributed by atoms with van der Waals surface area (Å²) in [5.74, 6) is 2.04. The Morgan fingerprint density at radius 2 is 1.73 bits per heavy atom. The molecule has 1 aliphatic rings. The van der Waals surface area contributed by atoms with E-state index in [4.69, 9.17) is 9.72 Å². The molecule has 0 bridgehead atoms. The molecule has 30 heavy (non-hydrogen) atoms. The van der Waals surface area contributed by atoms with Crippen LogP contribution in [-0.4, -0.2) is 59.1 Å². The Balaban J connectivity index is 1.50. The van der Waals surface area contributed by atoms with Crippen LogP contribution in [0.5, 0.6) is 5.75 Å². The second kappa shape index (κ2) is 9.17. The maximum Gasteiger partial charge on any atom is 0.225 e. The van der Waals surface area contributed by atoms with Crippen molar-refractivity contribution in [2.45, 2.75) is 25.3 Å². The largest absolute Gasteiger partial charge is 0.497 e. The fourth-order valence-electron chi connectivity index (χ4n) is 3.93. The molecule has 4 rings (SSSR count). The third-order valence-corrected chi connectivity index (χ3v) is 5.62. The highest BCUT2D eigenvalue weighted by Crippen LogP contribution is 2.34. The van der Waals surface area contributed by atoms with Gasteiger partial charge in [0.2, 0.25) is 5.95 Å². The summed E-state index contributed by atoms with van der Waals surface area (Å²) in [5.41, 5.74) is 4.43. The van der Waals surface area contributed by atoms with Crippen molar-refractivity contribution in [3.8, 4) is 16.9 Å². The van der Waals surface area contributed by atoms with Gasteiger partial charge in [-0.2, -0.15) is 0 Å². The molecule has 156 valence electrons. The average Bonchev–Trinajstić information content (AvgIpc) is 2.80. The molecule has 0 N–H and O–H groups in total. The van der Waals surface area contributed by atoms with E-state index in [1.807, 2.05) is 49.7 Å². The quantitative estimate of drug-likeness (QED) is 0.624. The highest BCUT2D eigenvalue weighted by atomic mass is 16.5. The Kier molecular flexibility index (Phi) is 6.18. The van der Waals surface area contributed by atoms with Crippen molar-refractivity contribution in [1.29, 1.82) is 0 Å². The minimum atomic E-state index is 0.397. The number of aromatic nitrogens is 4. The van der Waals surface area contributed by atoms with Crippen LogP contribution in [-0.2, 0) is 6.54 Å². The van der Waals surface area contributed by atoms with Crippen molar-refractivity contribution in [3.63, 3.8) is 0 Å². The number of hydrogen-bond donors (Lipinski definition) is 0. The summed E-state index contributed by atoms with van der Waals surface area (Å²) in [4.78, 5) is 22.3. The lowest BCUT2D eigenvalue weighted by atomic mass is 9.89. The van der Waals surface area contributed by atoms with Crippen molar-refractivity contribution in [2.24, 2.45) is 0 Å². The zero-order chi connectivity index (χ0) is 20.9. The van der Waals surface area contributed by atoms with Gasteiger partial charge < -0.3 is 9.64 Å². The second-order valence-corrected chi connectivity index (χ2v) is 7.89. The first kappa shape index (κ1) is 20.2. The summed E-state index contributed by atoms with van der Waals surface area (Å²) in [5, 5.41) is 0. The Bertz CT molecular complexity index is 953. The molecule has 7 heteroatoms. The number of methoxy groups -OCH3 is 1.